The number of likely N-dealkylation sites (tertiary alicyclic amines) is 1. The van der Waals surface area contributed by atoms with Crippen LogP contribution in [0.5, 0.6) is 0 Å². The molecule has 2 aliphatic rings. The standard InChI is InChI=1S/C12H13N3S/c13-4-9-1-2-10(14-5-9)6-15-7-12-3-11(15)8-16-12/h1-2,5,11-12H,3,6-8H2/t11-,12-/m0/s1. The van der Waals surface area contributed by atoms with Crippen molar-refractivity contribution in [3.05, 3.63) is 29.6 Å². The van der Waals surface area contributed by atoms with Crippen LogP contribution < -0.4 is 0 Å². The third kappa shape index (κ3) is 1.81. The molecule has 2 aliphatic heterocycles. The molecule has 0 N–H and O–H groups in total. The molecule has 0 saturated carbocycles. The van der Waals surface area contributed by atoms with Gasteiger partial charge in [-0.3, -0.25) is 9.88 Å². The summed E-state index contributed by atoms with van der Waals surface area (Å²) < 4.78 is 0. The maximum Gasteiger partial charge on any atom is 0.101 e. The average Bonchev–Trinajstić information content (AvgIpc) is 2.92. The minimum atomic E-state index is 0.641. The first-order valence-corrected chi connectivity index (χ1v) is 6.61. The molecule has 0 unspecified atom stereocenters. The zero-order valence-electron chi connectivity index (χ0n) is 8.97. The Kier molecular flexibility index (Phi) is 2.58. The third-order valence-electron chi connectivity index (χ3n) is 3.33. The van der Waals surface area contributed by atoms with E-state index < -0.39 is 0 Å². The Balaban J connectivity index is 1.68. The van der Waals surface area contributed by atoms with E-state index >= 15 is 0 Å². The van der Waals surface area contributed by atoms with Crippen LogP contribution >= 0.6 is 11.8 Å². The number of aromatic nitrogens is 1. The first-order chi connectivity index (χ1) is 7.85. The number of hydrogen-bond acceptors (Lipinski definition) is 4. The quantitative estimate of drug-likeness (QED) is 0.776. The monoisotopic (exact) mass is 231 g/mol. The van der Waals surface area contributed by atoms with Gasteiger partial charge >= 0.3 is 0 Å². The summed E-state index contributed by atoms with van der Waals surface area (Å²) in [5, 5.41) is 9.55. The molecule has 0 aliphatic carbocycles. The lowest BCUT2D eigenvalue weighted by molar-refractivity contribution is 0.258. The highest BCUT2D eigenvalue weighted by atomic mass is 32.2. The summed E-state index contributed by atoms with van der Waals surface area (Å²) in [6, 6.07) is 6.67. The van der Waals surface area contributed by atoms with Crippen LogP contribution in [0.25, 0.3) is 0 Å². The molecule has 2 fully saturated rings. The second-order valence-corrected chi connectivity index (χ2v) is 5.76. The fraction of sp³-hybridized carbons (Fsp3) is 0.500. The number of hydrogen-bond donors (Lipinski definition) is 0. The number of rotatable bonds is 2. The number of pyridine rings is 1. The average molecular weight is 231 g/mol. The van der Waals surface area contributed by atoms with E-state index in [2.05, 4.69) is 27.7 Å². The van der Waals surface area contributed by atoms with Gasteiger partial charge in [0.05, 0.1) is 11.3 Å². The summed E-state index contributed by atoms with van der Waals surface area (Å²) >= 11 is 2.11. The molecule has 0 radical (unpaired) electrons. The summed E-state index contributed by atoms with van der Waals surface area (Å²) in [5.41, 5.74) is 1.72. The lowest BCUT2D eigenvalue weighted by atomic mass is 10.2. The molecule has 82 valence electrons. The normalized spacial score (nSPS) is 28.2. The Labute approximate surface area is 99.5 Å². The third-order valence-corrected chi connectivity index (χ3v) is 4.72. The largest absolute Gasteiger partial charge is 0.293 e. The van der Waals surface area contributed by atoms with E-state index in [1.54, 1.807) is 6.20 Å². The fourth-order valence-corrected chi connectivity index (χ4v) is 3.96. The van der Waals surface area contributed by atoms with E-state index in [0.29, 0.717) is 5.56 Å². The van der Waals surface area contributed by atoms with Crippen molar-refractivity contribution in [2.45, 2.75) is 24.3 Å². The topological polar surface area (TPSA) is 39.9 Å². The van der Waals surface area contributed by atoms with Crippen molar-refractivity contribution in [3.8, 4) is 6.07 Å². The molecule has 2 saturated heterocycles. The predicted molar refractivity (Wildman–Crippen MR) is 64.0 cm³/mol. The number of nitrogens with zero attached hydrogens (tertiary/aromatic N) is 3. The van der Waals surface area contributed by atoms with Crippen molar-refractivity contribution in [2.75, 3.05) is 12.3 Å². The molecule has 1 aromatic rings. The molecule has 3 heterocycles. The lowest BCUT2D eigenvalue weighted by Gasteiger charge is -2.25. The number of nitriles is 1. The molecule has 1 aromatic heterocycles. The van der Waals surface area contributed by atoms with Gasteiger partial charge in [-0.05, 0) is 18.6 Å². The van der Waals surface area contributed by atoms with Gasteiger partial charge in [0.2, 0.25) is 0 Å². The van der Waals surface area contributed by atoms with Crippen LogP contribution in [-0.4, -0.2) is 33.5 Å². The van der Waals surface area contributed by atoms with Gasteiger partial charge in [0.1, 0.15) is 6.07 Å². The zero-order valence-corrected chi connectivity index (χ0v) is 9.78. The molecule has 0 amide bonds. The van der Waals surface area contributed by atoms with Crippen LogP contribution in [0.15, 0.2) is 18.3 Å². The van der Waals surface area contributed by atoms with Gasteiger partial charge < -0.3 is 0 Å². The molecule has 2 bridgehead atoms. The first kappa shape index (κ1) is 10.1. The highest BCUT2D eigenvalue weighted by Gasteiger charge is 2.38. The van der Waals surface area contributed by atoms with Gasteiger partial charge in [0, 0.05) is 36.3 Å². The summed E-state index contributed by atoms with van der Waals surface area (Å²) in [7, 11) is 0. The van der Waals surface area contributed by atoms with Crippen LogP contribution in [0.2, 0.25) is 0 Å². The van der Waals surface area contributed by atoms with E-state index in [9.17, 15) is 0 Å². The molecule has 16 heavy (non-hydrogen) atoms. The molecular weight excluding hydrogens is 218 g/mol. The van der Waals surface area contributed by atoms with Crippen LogP contribution in [0.4, 0.5) is 0 Å². The van der Waals surface area contributed by atoms with E-state index in [0.717, 1.165) is 23.5 Å². The van der Waals surface area contributed by atoms with Crippen molar-refractivity contribution < 1.29 is 0 Å². The van der Waals surface area contributed by atoms with Crippen molar-refractivity contribution in [2.24, 2.45) is 0 Å². The first-order valence-electron chi connectivity index (χ1n) is 5.56. The van der Waals surface area contributed by atoms with Gasteiger partial charge in [0.25, 0.3) is 0 Å². The summed E-state index contributed by atoms with van der Waals surface area (Å²) in [5.74, 6) is 1.28. The maximum absolute atomic E-state index is 8.70. The van der Waals surface area contributed by atoms with Gasteiger partial charge in [-0.2, -0.15) is 17.0 Å². The lowest BCUT2D eigenvalue weighted by Crippen LogP contribution is -2.33. The van der Waals surface area contributed by atoms with Crippen LogP contribution in [0.3, 0.4) is 0 Å². The van der Waals surface area contributed by atoms with Crippen molar-refractivity contribution >= 4 is 11.8 Å². The summed E-state index contributed by atoms with van der Waals surface area (Å²) in [6.45, 7) is 2.14. The summed E-state index contributed by atoms with van der Waals surface area (Å²) in [4.78, 5) is 6.85. The van der Waals surface area contributed by atoms with Crippen LogP contribution in [-0.2, 0) is 6.54 Å². The van der Waals surface area contributed by atoms with Crippen molar-refractivity contribution in [1.29, 1.82) is 5.26 Å². The minimum Gasteiger partial charge on any atom is -0.293 e. The molecule has 0 spiro atoms. The van der Waals surface area contributed by atoms with Gasteiger partial charge in [-0.1, -0.05) is 0 Å². The van der Waals surface area contributed by atoms with E-state index in [4.69, 9.17) is 5.26 Å². The highest BCUT2D eigenvalue weighted by Crippen LogP contribution is 2.37. The Morgan fingerprint density at radius 2 is 2.50 bits per heavy atom. The molecular formula is C12H13N3S. The van der Waals surface area contributed by atoms with E-state index in [1.165, 1.54) is 18.7 Å². The van der Waals surface area contributed by atoms with Crippen molar-refractivity contribution in [1.82, 2.24) is 9.88 Å². The Hall–Kier alpha value is -1.05. The van der Waals surface area contributed by atoms with Crippen LogP contribution in [0.1, 0.15) is 17.7 Å². The Morgan fingerprint density at radius 1 is 1.56 bits per heavy atom. The number of thioether (sulfide) groups is 1. The van der Waals surface area contributed by atoms with Gasteiger partial charge in [-0.25, -0.2) is 0 Å². The Morgan fingerprint density at radius 3 is 3.06 bits per heavy atom. The molecule has 2 atom stereocenters. The van der Waals surface area contributed by atoms with E-state index in [-0.39, 0.29) is 0 Å². The molecule has 0 aromatic carbocycles. The zero-order chi connectivity index (χ0) is 11.0. The van der Waals surface area contributed by atoms with Crippen LogP contribution in [0, 0.1) is 11.3 Å². The minimum absolute atomic E-state index is 0.641. The predicted octanol–water partition coefficient (Wildman–Crippen LogP) is 1.64. The van der Waals surface area contributed by atoms with E-state index in [1.807, 2.05) is 12.1 Å². The molecule has 3 rings (SSSR count). The Bertz CT molecular complexity index is 423. The summed E-state index contributed by atoms with van der Waals surface area (Å²) in [6.07, 6.45) is 3.01. The van der Waals surface area contributed by atoms with Gasteiger partial charge in [-0.15, -0.1) is 0 Å². The number of fused-ring (bicyclic) bond motifs is 2. The second kappa shape index (κ2) is 4.08. The maximum atomic E-state index is 8.70. The smallest absolute Gasteiger partial charge is 0.101 e. The SMILES string of the molecule is N#Cc1ccc(CN2C[C@@H]3C[C@H]2CS3)nc1. The fourth-order valence-electron chi connectivity index (χ4n) is 2.46. The van der Waals surface area contributed by atoms with Crippen molar-refractivity contribution in [3.63, 3.8) is 0 Å². The molecule has 4 heteroatoms. The molecule has 3 nitrogen and oxygen atoms in total. The second-order valence-electron chi connectivity index (χ2n) is 4.42. The highest BCUT2D eigenvalue weighted by molar-refractivity contribution is 8.00. The van der Waals surface area contributed by atoms with Gasteiger partial charge in [0.15, 0.2) is 0 Å².